The molecule has 2 atom stereocenters. The van der Waals surface area contributed by atoms with Gasteiger partial charge in [0.05, 0.1) is 25.3 Å². The fraction of sp³-hybridized carbons (Fsp3) is 0.632. The van der Waals surface area contributed by atoms with Gasteiger partial charge in [-0.05, 0) is 57.2 Å². The molecule has 1 amide bonds. The Balaban J connectivity index is 0.00000338. The highest BCUT2D eigenvalue weighted by Crippen LogP contribution is 2.31. The first kappa shape index (κ1) is 22.5. The SMILES string of the molecule is CCOc1ccc(C(C)NC(=O)C(N)C2CCOCC2)cc1OCC.Cl. The monoisotopic (exact) mass is 386 g/mol. The summed E-state index contributed by atoms with van der Waals surface area (Å²) in [6.07, 6.45) is 1.67. The normalized spacial score (nSPS) is 16.9. The van der Waals surface area contributed by atoms with E-state index in [1.165, 1.54) is 0 Å². The van der Waals surface area contributed by atoms with Crippen LogP contribution in [0.2, 0.25) is 0 Å². The molecule has 1 aliphatic heterocycles. The number of hydrogen-bond acceptors (Lipinski definition) is 5. The van der Waals surface area contributed by atoms with Crippen LogP contribution in [0.4, 0.5) is 0 Å². The van der Waals surface area contributed by atoms with E-state index < -0.39 is 6.04 Å². The molecular formula is C19H31ClN2O4. The minimum absolute atomic E-state index is 0. The van der Waals surface area contributed by atoms with Gasteiger partial charge in [0.1, 0.15) is 0 Å². The predicted octanol–water partition coefficient (Wildman–Crippen LogP) is 2.84. The molecule has 0 aromatic heterocycles. The highest BCUT2D eigenvalue weighted by Gasteiger charge is 2.27. The summed E-state index contributed by atoms with van der Waals surface area (Å²) in [5.74, 6) is 1.47. The molecule has 1 fully saturated rings. The van der Waals surface area contributed by atoms with Gasteiger partial charge in [0, 0.05) is 13.2 Å². The van der Waals surface area contributed by atoms with Crippen LogP contribution in [0.5, 0.6) is 11.5 Å². The van der Waals surface area contributed by atoms with Crippen molar-refractivity contribution in [1.29, 1.82) is 0 Å². The highest BCUT2D eigenvalue weighted by atomic mass is 35.5. The van der Waals surface area contributed by atoms with E-state index in [4.69, 9.17) is 19.9 Å². The molecule has 0 radical (unpaired) electrons. The molecule has 26 heavy (non-hydrogen) atoms. The number of halogens is 1. The number of nitrogens with one attached hydrogen (secondary N) is 1. The van der Waals surface area contributed by atoms with E-state index in [-0.39, 0.29) is 30.3 Å². The van der Waals surface area contributed by atoms with Gasteiger partial charge in [-0.2, -0.15) is 0 Å². The molecule has 2 rings (SSSR count). The topological polar surface area (TPSA) is 82.8 Å². The third-order valence-corrected chi connectivity index (χ3v) is 4.50. The van der Waals surface area contributed by atoms with Crippen LogP contribution in [0.3, 0.4) is 0 Å². The van der Waals surface area contributed by atoms with Crippen molar-refractivity contribution in [3.63, 3.8) is 0 Å². The molecule has 6 nitrogen and oxygen atoms in total. The molecule has 1 heterocycles. The first-order valence-electron chi connectivity index (χ1n) is 9.10. The molecule has 0 aliphatic carbocycles. The number of benzene rings is 1. The average molecular weight is 387 g/mol. The fourth-order valence-electron chi connectivity index (χ4n) is 3.02. The number of ether oxygens (including phenoxy) is 3. The van der Waals surface area contributed by atoms with Crippen LogP contribution >= 0.6 is 12.4 Å². The Labute approximate surface area is 162 Å². The standard InChI is InChI=1S/C19H30N2O4.ClH/c1-4-24-16-7-6-15(12-17(16)25-5-2)13(3)21-19(22)18(20)14-8-10-23-11-9-14;/h6-7,12-14,18H,4-5,8-11,20H2,1-3H3,(H,21,22);1H. The summed E-state index contributed by atoms with van der Waals surface area (Å²) >= 11 is 0. The lowest BCUT2D eigenvalue weighted by atomic mass is 9.91. The van der Waals surface area contributed by atoms with Gasteiger partial charge in [-0.3, -0.25) is 4.79 Å². The van der Waals surface area contributed by atoms with Crippen LogP contribution in [0.1, 0.15) is 45.2 Å². The minimum Gasteiger partial charge on any atom is -0.490 e. The summed E-state index contributed by atoms with van der Waals surface area (Å²) in [5.41, 5.74) is 7.11. The molecule has 1 aliphatic rings. The molecule has 0 bridgehead atoms. The van der Waals surface area contributed by atoms with Crippen LogP contribution in [-0.4, -0.2) is 38.4 Å². The van der Waals surface area contributed by atoms with E-state index in [1.807, 2.05) is 39.0 Å². The number of carbonyl (C=O) groups is 1. The van der Waals surface area contributed by atoms with Crippen LogP contribution in [0, 0.1) is 5.92 Å². The second-order valence-electron chi connectivity index (χ2n) is 6.28. The largest absolute Gasteiger partial charge is 0.490 e. The zero-order valence-corrected chi connectivity index (χ0v) is 16.6. The maximum absolute atomic E-state index is 12.5. The molecule has 7 heteroatoms. The van der Waals surface area contributed by atoms with Gasteiger partial charge in [0.25, 0.3) is 0 Å². The van der Waals surface area contributed by atoms with Gasteiger partial charge in [0.2, 0.25) is 5.91 Å². The Hall–Kier alpha value is -1.50. The minimum atomic E-state index is -0.500. The Morgan fingerprint density at radius 1 is 1.23 bits per heavy atom. The molecular weight excluding hydrogens is 356 g/mol. The smallest absolute Gasteiger partial charge is 0.237 e. The van der Waals surface area contributed by atoms with Gasteiger partial charge < -0.3 is 25.3 Å². The molecule has 148 valence electrons. The van der Waals surface area contributed by atoms with Crippen molar-refractivity contribution >= 4 is 18.3 Å². The third-order valence-electron chi connectivity index (χ3n) is 4.50. The van der Waals surface area contributed by atoms with Gasteiger partial charge in [-0.15, -0.1) is 12.4 Å². The second kappa shape index (κ2) is 11.3. The molecule has 0 spiro atoms. The van der Waals surface area contributed by atoms with Gasteiger partial charge in [-0.1, -0.05) is 6.07 Å². The van der Waals surface area contributed by atoms with Crippen molar-refractivity contribution in [2.45, 2.75) is 45.7 Å². The zero-order valence-electron chi connectivity index (χ0n) is 15.8. The van der Waals surface area contributed by atoms with Gasteiger partial charge in [0.15, 0.2) is 11.5 Å². The van der Waals surface area contributed by atoms with Crippen molar-refractivity contribution in [3.8, 4) is 11.5 Å². The summed E-state index contributed by atoms with van der Waals surface area (Å²) in [6.45, 7) is 8.30. The zero-order chi connectivity index (χ0) is 18.2. The summed E-state index contributed by atoms with van der Waals surface area (Å²) in [4.78, 5) is 12.5. The Bertz CT molecular complexity index is 564. The number of nitrogens with two attached hydrogens (primary N) is 1. The van der Waals surface area contributed by atoms with Crippen molar-refractivity contribution in [3.05, 3.63) is 23.8 Å². The maximum atomic E-state index is 12.5. The third kappa shape index (κ3) is 6.04. The van der Waals surface area contributed by atoms with Crippen molar-refractivity contribution in [2.75, 3.05) is 26.4 Å². The predicted molar refractivity (Wildman–Crippen MR) is 104 cm³/mol. The van der Waals surface area contributed by atoms with Gasteiger partial charge in [-0.25, -0.2) is 0 Å². The second-order valence-corrected chi connectivity index (χ2v) is 6.28. The molecule has 1 aromatic rings. The summed E-state index contributed by atoms with van der Waals surface area (Å²) < 4.78 is 16.6. The summed E-state index contributed by atoms with van der Waals surface area (Å²) in [6, 6.07) is 5.08. The Morgan fingerprint density at radius 2 is 1.85 bits per heavy atom. The molecule has 0 saturated carbocycles. The maximum Gasteiger partial charge on any atom is 0.237 e. The lowest BCUT2D eigenvalue weighted by Crippen LogP contribution is -2.47. The number of hydrogen-bond donors (Lipinski definition) is 2. The number of amides is 1. The van der Waals surface area contributed by atoms with Crippen molar-refractivity contribution in [2.24, 2.45) is 11.7 Å². The van der Waals surface area contributed by atoms with Gasteiger partial charge >= 0.3 is 0 Å². The average Bonchev–Trinajstić information content (AvgIpc) is 2.63. The molecule has 1 saturated heterocycles. The molecule has 2 unspecified atom stereocenters. The van der Waals surface area contributed by atoms with E-state index in [1.54, 1.807) is 0 Å². The van der Waals surface area contributed by atoms with E-state index in [9.17, 15) is 4.79 Å². The Morgan fingerprint density at radius 3 is 2.46 bits per heavy atom. The number of rotatable bonds is 8. The van der Waals surface area contributed by atoms with E-state index in [0.717, 1.165) is 18.4 Å². The lowest BCUT2D eigenvalue weighted by molar-refractivity contribution is -0.125. The summed E-state index contributed by atoms with van der Waals surface area (Å²) in [5, 5.41) is 3.01. The van der Waals surface area contributed by atoms with E-state index in [2.05, 4.69) is 5.32 Å². The van der Waals surface area contributed by atoms with Crippen LogP contribution in [0.15, 0.2) is 18.2 Å². The van der Waals surface area contributed by atoms with E-state index in [0.29, 0.717) is 37.9 Å². The molecule has 1 aromatic carbocycles. The first-order chi connectivity index (χ1) is 12.1. The quantitative estimate of drug-likeness (QED) is 0.717. The first-order valence-corrected chi connectivity index (χ1v) is 9.10. The lowest BCUT2D eigenvalue weighted by Gasteiger charge is -2.28. The van der Waals surface area contributed by atoms with Crippen molar-refractivity contribution in [1.82, 2.24) is 5.32 Å². The van der Waals surface area contributed by atoms with Crippen LogP contribution in [0.25, 0.3) is 0 Å². The molecule has 3 N–H and O–H groups in total. The summed E-state index contributed by atoms with van der Waals surface area (Å²) in [7, 11) is 0. The van der Waals surface area contributed by atoms with Crippen LogP contribution in [-0.2, 0) is 9.53 Å². The fourth-order valence-corrected chi connectivity index (χ4v) is 3.02. The van der Waals surface area contributed by atoms with E-state index >= 15 is 0 Å². The highest BCUT2D eigenvalue weighted by molar-refractivity contribution is 5.85. The van der Waals surface area contributed by atoms with Crippen molar-refractivity contribution < 1.29 is 19.0 Å². The Kier molecular flexibility index (Phi) is 9.76. The van der Waals surface area contributed by atoms with Crippen LogP contribution < -0.4 is 20.5 Å². The number of carbonyl (C=O) groups excluding carboxylic acids is 1.